The van der Waals surface area contributed by atoms with Gasteiger partial charge in [-0.1, -0.05) is 36.4 Å². The van der Waals surface area contributed by atoms with Crippen LogP contribution >= 0.6 is 0 Å². The van der Waals surface area contributed by atoms with Gasteiger partial charge in [-0.3, -0.25) is 4.79 Å². The Hall–Kier alpha value is -2.79. The lowest BCUT2D eigenvalue weighted by atomic mass is 10.1. The smallest absolute Gasteiger partial charge is 0.221 e. The molecule has 0 aliphatic heterocycles. The van der Waals surface area contributed by atoms with E-state index in [1.54, 1.807) is 0 Å². The minimum Gasteiger partial charge on any atom is -0.490 e. The molecule has 0 fully saturated rings. The van der Waals surface area contributed by atoms with Gasteiger partial charge in [-0.05, 0) is 42.5 Å². The lowest BCUT2D eigenvalue weighted by Gasteiger charge is -2.16. The number of aryl methyl sites for hydroxylation is 3. The Labute approximate surface area is 159 Å². The SMILES string of the molecule is Cc1cccc(C)c1OC[C@@H](O)CNC(=O)CCn1ccc2ccccc21. The van der Waals surface area contributed by atoms with Crippen LogP contribution in [-0.2, 0) is 11.3 Å². The van der Waals surface area contributed by atoms with E-state index in [0.29, 0.717) is 13.0 Å². The van der Waals surface area contributed by atoms with Crippen molar-refractivity contribution in [3.8, 4) is 5.75 Å². The van der Waals surface area contributed by atoms with Crippen molar-refractivity contribution in [2.75, 3.05) is 13.2 Å². The van der Waals surface area contributed by atoms with E-state index < -0.39 is 6.10 Å². The second kappa shape index (κ2) is 8.73. The zero-order valence-corrected chi connectivity index (χ0v) is 15.8. The number of ether oxygens (including phenoxy) is 1. The number of nitrogens with one attached hydrogen (secondary N) is 1. The summed E-state index contributed by atoms with van der Waals surface area (Å²) >= 11 is 0. The van der Waals surface area contributed by atoms with Crippen LogP contribution in [0.25, 0.3) is 10.9 Å². The molecule has 1 amide bonds. The summed E-state index contributed by atoms with van der Waals surface area (Å²) in [4.78, 5) is 12.1. The van der Waals surface area contributed by atoms with E-state index in [4.69, 9.17) is 4.74 Å². The average molecular weight is 366 g/mol. The number of carbonyl (C=O) groups excluding carboxylic acids is 1. The van der Waals surface area contributed by atoms with Crippen LogP contribution in [0.2, 0.25) is 0 Å². The monoisotopic (exact) mass is 366 g/mol. The Morgan fingerprint density at radius 2 is 1.85 bits per heavy atom. The predicted octanol–water partition coefficient (Wildman–Crippen LogP) is 3.20. The third kappa shape index (κ3) is 4.89. The van der Waals surface area contributed by atoms with Crippen LogP contribution < -0.4 is 10.1 Å². The molecule has 27 heavy (non-hydrogen) atoms. The summed E-state index contributed by atoms with van der Waals surface area (Å²) in [7, 11) is 0. The summed E-state index contributed by atoms with van der Waals surface area (Å²) in [6.07, 6.45) is 1.61. The van der Waals surface area contributed by atoms with Crippen LogP contribution in [0.1, 0.15) is 17.5 Å². The summed E-state index contributed by atoms with van der Waals surface area (Å²) in [6, 6.07) is 16.1. The number of hydrogen-bond acceptors (Lipinski definition) is 3. The first-order chi connectivity index (χ1) is 13.0. The molecule has 2 N–H and O–H groups in total. The minimum atomic E-state index is -0.750. The van der Waals surface area contributed by atoms with E-state index in [-0.39, 0.29) is 19.1 Å². The number of para-hydroxylation sites is 2. The Morgan fingerprint density at radius 3 is 2.63 bits per heavy atom. The molecule has 3 aromatic rings. The quantitative estimate of drug-likeness (QED) is 0.643. The highest BCUT2D eigenvalue weighted by Gasteiger charge is 2.11. The molecule has 0 radical (unpaired) electrons. The van der Waals surface area contributed by atoms with Crippen molar-refractivity contribution in [2.24, 2.45) is 0 Å². The first-order valence-electron chi connectivity index (χ1n) is 9.22. The Morgan fingerprint density at radius 1 is 1.11 bits per heavy atom. The van der Waals surface area contributed by atoms with Crippen molar-refractivity contribution in [2.45, 2.75) is 32.9 Å². The van der Waals surface area contributed by atoms with Crippen molar-refractivity contribution in [1.29, 1.82) is 0 Å². The largest absolute Gasteiger partial charge is 0.490 e. The van der Waals surface area contributed by atoms with Crippen LogP contribution in [0, 0.1) is 13.8 Å². The van der Waals surface area contributed by atoms with Crippen molar-refractivity contribution in [3.05, 3.63) is 65.9 Å². The van der Waals surface area contributed by atoms with Crippen molar-refractivity contribution in [3.63, 3.8) is 0 Å². The van der Waals surface area contributed by atoms with E-state index in [1.165, 1.54) is 0 Å². The molecule has 142 valence electrons. The lowest BCUT2D eigenvalue weighted by molar-refractivity contribution is -0.121. The molecule has 5 heteroatoms. The first-order valence-corrected chi connectivity index (χ1v) is 9.22. The molecule has 0 unspecified atom stereocenters. The highest BCUT2D eigenvalue weighted by Crippen LogP contribution is 2.22. The van der Waals surface area contributed by atoms with Crippen LogP contribution in [0.5, 0.6) is 5.75 Å². The molecular weight excluding hydrogens is 340 g/mol. The molecule has 0 aliphatic carbocycles. The van der Waals surface area contributed by atoms with Crippen molar-refractivity contribution < 1.29 is 14.6 Å². The van der Waals surface area contributed by atoms with E-state index in [9.17, 15) is 9.90 Å². The molecule has 0 saturated carbocycles. The average Bonchev–Trinajstić information content (AvgIpc) is 3.07. The Balaban J connectivity index is 1.42. The zero-order valence-electron chi connectivity index (χ0n) is 15.8. The summed E-state index contributed by atoms with van der Waals surface area (Å²) < 4.78 is 7.79. The van der Waals surface area contributed by atoms with Crippen LogP contribution in [-0.4, -0.2) is 34.8 Å². The summed E-state index contributed by atoms with van der Waals surface area (Å²) in [5.41, 5.74) is 3.18. The number of aliphatic hydroxyl groups is 1. The fraction of sp³-hybridized carbons (Fsp3) is 0.318. The van der Waals surface area contributed by atoms with Crippen molar-refractivity contribution >= 4 is 16.8 Å². The van der Waals surface area contributed by atoms with Crippen LogP contribution in [0.15, 0.2) is 54.7 Å². The molecule has 0 aliphatic rings. The van der Waals surface area contributed by atoms with Crippen molar-refractivity contribution in [1.82, 2.24) is 9.88 Å². The van der Waals surface area contributed by atoms with Crippen LogP contribution in [0.3, 0.4) is 0 Å². The number of benzene rings is 2. The highest BCUT2D eigenvalue weighted by atomic mass is 16.5. The Bertz CT molecular complexity index is 897. The van der Waals surface area contributed by atoms with Gasteiger partial charge in [0.25, 0.3) is 0 Å². The molecule has 1 aromatic heterocycles. The number of rotatable bonds is 8. The molecule has 2 aromatic carbocycles. The standard InChI is InChI=1S/C22H26N2O3/c1-16-6-5-7-17(2)22(16)27-15-19(25)14-23-21(26)11-13-24-12-10-18-8-3-4-9-20(18)24/h3-10,12,19,25H,11,13-15H2,1-2H3,(H,23,26)/t19-/m0/s1. The van der Waals surface area contributed by atoms with Gasteiger partial charge in [0, 0.05) is 31.2 Å². The molecule has 1 atom stereocenters. The third-order valence-corrected chi connectivity index (χ3v) is 4.62. The first kappa shape index (κ1) is 19.0. The molecule has 0 spiro atoms. The van der Waals surface area contributed by atoms with E-state index in [2.05, 4.69) is 16.0 Å². The predicted molar refractivity (Wildman–Crippen MR) is 107 cm³/mol. The van der Waals surface area contributed by atoms with E-state index >= 15 is 0 Å². The number of nitrogens with zero attached hydrogens (tertiary/aromatic N) is 1. The third-order valence-electron chi connectivity index (χ3n) is 4.62. The zero-order chi connectivity index (χ0) is 19.2. The van der Waals surface area contributed by atoms with Gasteiger partial charge >= 0.3 is 0 Å². The molecule has 0 saturated heterocycles. The number of aromatic nitrogens is 1. The fourth-order valence-corrected chi connectivity index (χ4v) is 3.14. The molecule has 5 nitrogen and oxygen atoms in total. The van der Waals surface area contributed by atoms with Gasteiger partial charge in [0.05, 0.1) is 0 Å². The second-order valence-corrected chi connectivity index (χ2v) is 6.81. The highest BCUT2D eigenvalue weighted by molar-refractivity contribution is 5.80. The normalized spacial score (nSPS) is 12.1. The van der Waals surface area contributed by atoms with E-state index in [0.717, 1.165) is 27.8 Å². The van der Waals surface area contributed by atoms with Gasteiger partial charge in [-0.15, -0.1) is 0 Å². The molecule has 1 heterocycles. The molecular formula is C22H26N2O3. The Kier molecular flexibility index (Phi) is 6.14. The van der Waals surface area contributed by atoms with Gasteiger partial charge in [0.15, 0.2) is 0 Å². The minimum absolute atomic E-state index is 0.0843. The van der Waals surface area contributed by atoms with Gasteiger partial charge < -0.3 is 19.7 Å². The number of amides is 1. The van der Waals surface area contributed by atoms with E-state index in [1.807, 2.05) is 62.5 Å². The summed E-state index contributed by atoms with van der Waals surface area (Å²) in [5.74, 6) is 0.710. The second-order valence-electron chi connectivity index (χ2n) is 6.81. The molecule has 3 rings (SSSR count). The number of carbonyl (C=O) groups is 1. The van der Waals surface area contributed by atoms with Gasteiger partial charge in [-0.25, -0.2) is 0 Å². The van der Waals surface area contributed by atoms with Gasteiger partial charge in [0.2, 0.25) is 5.91 Å². The maximum absolute atomic E-state index is 12.1. The maximum atomic E-state index is 12.1. The summed E-state index contributed by atoms with van der Waals surface area (Å²) in [6.45, 7) is 4.88. The van der Waals surface area contributed by atoms with Crippen LogP contribution in [0.4, 0.5) is 0 Å². The maximum Gasteiger partial charge on any atom is 0.221 e. The summed E-state index contributed by atoms with van der Waals surface area (Å²) in [5, 5.41) is 14.0. The fourth-order valence-electron chi connectivity index (χ4n) is 3.14. The lowest BCUT2D eigenvalue weighted by Crippen LogP contribution is -2.35. The van der Waals surface area contributed by atoms with Gasteiger partial charge in [0.1, 0.15) is 18.5 Å². The molecule has 0 bridgehead atoms. The number of fused-ring (bicyclic) bond motifs is 1. The number of hydrogen-bond donors (Lipinski definition) is 2. The number of aliphatic hydroxyl groups excluding tert-OH is 1. The topological polar surface area (TPSA) is 63.5 Å². The van der Waals surface area contributed by atoms with Gasteiger partial charge in [-0.2, -0.15) is 0 Å².